The number of carbonyl (C=O) groups is 2. The molecule has 0 fully saturated rings. The van der Waals surface area contributed by atoms with Crippen molar-refractivity contribution in [2.45, 2.75) is 25.8 Å². The van der Waals surface area contributed by atoms with Gasteiger partial charge in [-0.15, -0.1) is 0 Å². The highest BCUT2D eigenvalue weighted by atomic mass is 32.1. The van der Waals surface area contributed by atoms with Gasteiger partial charge in [-0.25, -0.2) is 0 Å². The van der Waals surface area contributed by atoms with E-state index in [1.807, 2.05) is 18.2 Å². The predicted octanol–water partition coefficient (Wildman–Crippen LogP) is 1.54. The second-order valence-corrected chi connectivity index (χ2v) is 5.66. The molecule has 0 bridgehead atoms. The van der Waals surface area contributed by atoms with Crippen molar-refractivity contribution in [1.29, 1.82) is 0 Å². The Bertz CT molecular complexity index is 518. The number of benzene rings is 1. The number of hydrogen-bond donors (Lipinski definition) is 3. The third-order valence-electron chi connectivity index (χ3n) is 3.91. The third-order valence-corrected chi connectivity index (χ3v) is 4.38. The minimum atomic E-state index is -1.02. The minimum absolute atomic E-state index is 0.147. The molecule has 4 nitrogen and oxygen atoms in total. The van der Waals surface area contributed by atoms with Crippen LogP contribution in [0.15, 0.2) is 24.3 Å². The summed E-state index contributed by atoms with van der Waals surface area (Å²) in [4.78, 5) is 23.1. The molecular formula is C15H19NO3S. The first-order chi connectivity index (χ1) is 9.52. The van der Waals surface area contributed by atoms with Crippen molar-refractivity contribution in [2.24, 2.45) is 11.8 Å². The van der Waals surface area contributed by atoms with Crippen LogP contribution in [0.4, 0.5) is 0 Å². The zero-order valence-electron chi connectivity index (χ0n) is 11.4. The minimum Gasteiger partial charge on any atom is -0.480 e. The molecular weight excluding hydrogens is 274 g/mol. The lowest BCUT2D eigenvalue weighted by atomic mass is 9.76. The van der Waals surface area contributed by atoms with Crippen LogP contribution in [0, 0.1) is 11.8 Å². The summed E-state index contributed by atoms with van der Waals surface area (Å²) in [5.74, 6) is -0.641. The monoisotopic (exact) mass is 293 g/mol. The molecule has 0 saturated heterocycles. The van der Waals surface area contributed by atoms with Gasteiger partial charge >= 0.3 is 5.97 Å². The maximum Gasteiger partial charge on any atom is 0.325 e. The lowest BCUT2D eigenvalue weighted by Gasteiger charge is -2.31. The zero-order valence-corrected chi connectivity index (χ0v) is 12.3. The van der Waals surface area contributed by atoms with Gasteiger partial charge in [-0.05, 0) is 42.6 Å². The maximum absolute atomic E-state index is 12.3. The molecule has 0 aromatic heterocycles. The molecule has 20 heavy (non-hydrogen) atoms. The Labute approximate surface area is 124 Å². The number of thiol groups is 1. The number of amides is 1. The Morgan fingerprint density at radius 3 is 2.50 bits per heavy atom. The van der Waals surface area contributed by atoms with E-state index in [0.29, 0.717) is 12.2 Å². The summed E-state index contributed by atoms with van der Waals surface area (Å²) in [6.45, 7) is 1.48. The predicted molar refractivity (Wildman–Crippen MR) is 79.9 cm³/mol. The van der Waals surface area contributed by atoms with E-state index in [4.69, 9.17) is 5.11 Å². The Balaban J connectivity index is 2.14. The van der Waals surface area contributed by atoms with Crippen LogP contribution in [0.5, 0.6) is 0 Å². The van der Waals surface area contributed by atoms with Gasteiger partial charge in [0.15, 0.2) is 0 Å². The van der Waals surface area contributed by atoms with Gasteiger partial charge in [0.05, 0.1) is 0 Å². The van der Waals surface area contributed by atoms with Crippen LogP contribution < -0.4 is 5.32 Å². The zero-order chi connectivity index (χ0) is 14.7. The van der Waals surface area contributed by atoms with E-state index in [9.17, 15) is 9.59 Å². The van der Waals surface area contributed by atoms with Gasteiger partial charge in [0.1, 0.15) is 6.04 Å². The molecule has 5 heteroatoms. The highest BCUT2D eigenvalue weighted by Crippen LogP contribution is 2.31. The average Bonchev–Trinajstić information content (AvgIpc) is 2.45. The lowest BCUT2D eigenvalue weighted by Crippen LogP contribution is -2.46. The number of aliphatic carboxylic acids is 1. The summed E-state index contributed by atoms with van der Waals surface area (Å²) in [6, 6.07) is 7.22. The lowest BCUT2D eigenvalue weighted by molar-refractivity contribution is -0.142. The molecule has 1 aliphatic rings. The fourth-order valence-corrected chi connectivity index (χ4v) is 3.05. The summed E-state index contributed by atoms with van der Waals surface area (Å²) in [7, 11) is 0. The standard InChI is InChI=1S/C15H19NO3S/c1-9(15(18)19)16-14(17)13-7-11-5-3-2-4-10(11)6-12(13)8-20/h2-5,9,12-13,20H,6-8H2,1H3,(H,16,17)(H,18,19)/t9-,12?,13?/m0/s1. The van der Waals surface area contributed by atoms with Crippen molar-refractivity contribution in [3.8, 4) is 0 Å². The van der Waals surface area contributed by atoms with E-state index in [0.717, 1.165) is 6.42 Å². The smallest absolute Gasteiger partial charge is 0.325 e. The number of rotatable bonds is 4. The molecule has 3 atom stereocenters. The van der Waals surface area contributed by atoms with Crippen LogP contribution in [-0.2, 0) is 22.4 Å². The molecule has 1 amide bonds. The first kappa shape index (κ1) is 14.9. The van der Waals surface area contributed by atoms with Gasteiger partial charge in [0, 0.05) is 5.92 Å². The normalized spacial score (nSPS) is 22.7. The molecule has 0 aliphatic heterocycles. The second-order valence-electron chi connectivity index (χ2n) is 5.29. The summed E-state index contributed by atoms with van der Waals surface area (Å²) < 4.78 is 0. The molecule has 0 saturated carbocycles. The number of fused-ring (bicyclic) bond motifs is 1. The fraction of sp³-hybridized carbons (Fsp3) is 0.467. The van der Waals surface area contributed by atoms with Crippen LogP contribution in [0.1, 0.15) is 18.1 Å². The van der Waals surface area contributed by atoms with Gasteiger partial charge in [0.2, 0.25) is 5.91 Å². The van der Waals surface area contributed by atoms with E-state index in [1.54, 1.807) is 0 Å². The number of carbonyl (C=O) groups excluding carboxylic acids is 1. The Morgan fingerprint density at radius 2 is 1.95 bits per heavy atom. The first-order valence-electron chi connectivity index (χ1n) is 6.73. The van der Waals surface area contributed by atoms with Crippen LogP contribution >= 0.6 is 12.6 Å². The van der Waals surface area contributed by atoms with Crippen LogP contribution in [0.25, 0.3) is 0 Å². The summed E-state index contributed by atoms with van der Waals surface area (Å²) in [5.41, 5.74) is 2.44. The van der Waals surface area contributed by atoms with E-state index in [1.165, 1.54) is 18.1 Å². The molecule has 1 aromatic rings. The molecule has 0 spiro atoms. The highest BCUT2D eigenvalue weighted by Gasteiger charge is 2.33. The third kappa shape index (κ3) is 3.15. The van der Waals surface area contributed by atoms with Crippen LogP contribution in [0.2, 0.25) is 0 Å². The molecule has 0 heterocycles. The van der Waals surface area contributed by atoms with Crippen molar-refractivity contribution in [2.75, 3.05) is 5.75 Å². The molecule has 0 radical (unpaired) electrons. The largest absolute Gasteiger partial charge is 0.480 e. The fourth-order valence-electron chi connectivity index (χ4n) is 2.66. The van der Waals surface area contributed by atoms with Gasteiger partial charge in [-0.3, -0.25) is 9.59 Å². The number of nitrogens with one attached hydrogen (secondary N) is 1. The SMILES string of the molecule is C[C@H](NC(=O)C1Cc2ccccc2CC1CS)C(=O)O. The van der Waals surface area contributed by atoms with Crippen LogP contribution in [0.3, 0.4) is 0 Å². The summed E-state index contributed by atoms with van der Waals surface area (Å²) >= 11 is 4.34. The molecule has 1 aliphatic carbocycles. The molecule has 108 valence electrons. The van der Waals surface area contributed by atoms with Crippen molar-refractivity contribution in [1.82, 2.24) is 5.32 Å². The Morgan fingerprint density at radius 1 is 1.35 bits per heavy atom. The number of hydrogen-bond acceptors (Lipinski definition) is 3. The second kappa shape index (κ2) is 6.31. The number of carboxylic acid groups (broad SMARTS) is 1. The topological polar surface area (TPSA) is 66.4 Å². The van der Waals surface area contributed by atoms with Gasteiger partial charge in [0.25, 0.3) is 0 Å². The van der Waals surface area contributed by atoms with Crippen molar-refractivity contribution < 1.29 is 14.7 Å². The molecule has 2 rings (SSSR count). The first-order valence-corrected chi connectivity index (χ1v) is 7.37. The van der Waals surface area contributed by atoms with E-state index in [2.05, 4.69) is 24.0 Å². The molecule has 1 aromatic carbocycles. The quantitative estimate of drug-likeness (QED) is 0.738. The van der Waals surface area contributed by atoms with Crippen molar-refractivity contribution >= 4 is 24.5 Å². The highest BCUT2D eigenvalue weighted by molar-refractivity contribution is 7.80. The average molecular weight is 293 g/mol. The van der Waals surface area contributed by atoms with E-state index >= 15 is 0 Å². The van der Waals surface area contributed by atoms with Gasteiger partial charge in [-0.2, -0.15) is 12.6 Å². The summed E-state index contributed by atoms with van der Waals surface area (Å²) in [6.07, 6.45) is 1.47. The van der Waals surface area contributed by atoms with Crippen LogP contribution in [-0.4, -0.2) is 28.8 Å². The number of carboxylic acids is 1. The van der Waals surface area contributed by atoms with E-state index in [-0.39, 0.29) is 17.7 Å². The van der Waals surface area contributed by atoms with Gasteiger partial charge < -0.3 is 10.4 Å². The van der Waals surface area contributed by atoms with Crippen molar-refractivity contribution in [3.63, 3.8) is 0 Å². The van der Waals surface area contributed by atoms with Crippen molar-refractivity contribution in [3.05, 3.63) is 35.4 Å². The molecule has 2 unspecified atom stereocenters. The van der Waals surface area contributed by atoms with Gasteiger partial charge in [-0.1, -0.05) is 24.3 Å². The Kier molecular flexibility index (Phi) is 4.70. The van der Waals surface area contributed by atoms with E-state index < -0.39 is 12.0 Å². The Hall–Kier alpha value is -1.49. The summed E-state index contributed by atoms with van der Waals surface area (Å²) in [5, 5.41) is 11.5. The molecule has 2 N–H and O–H groups in total. The maximum atomic E-state index is 12.3.